The monoisotopic (exact) mass is 201 g/mol. The Morgan fingerprint density at radius 2 is 2.29 bits per heavy atom. The molecule has 0 spiro atoms. The number of aliphatic carboxylic acids is 1. The van der Waals surface area contributed by atoms with E-state index in [0.717, 1.165) is 0 Å². The van der Waals surface area contributed by atoms with E-state index in [1.807, 2.05) is 0 Å². The Morgan fingerprint density at radius 1 is 1.64 bits per heavy atom. The van der Waals surface area contributed by atoms with Crippen LogP contribution in [0.1, 0.15) is 0 Å². The number of carbonyl (C=O) groups excluding carboxylic acids is 2. The van der Waals surface area contributed by atoms with Gasteiger partial charge >= 0.3 is 5.97 Å². The van der Waals surface area contributed by atoms with Gasteiger partial charge in [0.15, 0.2) is 0 Å². The second kappa shape index (κ2) is 4.05. The number of carbonyl (C=O) groups is 3. The predicted octanol–water partition coefficient (Wildman–Crippen LogP) is -2.64. The molecular formula is C7H11N3O4. The van der Waals surface area contributed by atoms with Gasteiger partial charge in [-0.25, -0.2) is 0 Å². The minimum Gasteiger partial charge on any atom is -0.480 e. The van der Waals surface area contributed by atoms with Crippen LogP contribution >= 0.6 is 0 Å². The molecule has 7 heteroatoms. The van der Waals surface area contributed by atoms with E-state index in [4.69, 9.17) is 10.8 Å². The zero-order valence-electron chi connectivity index (χ0n) is 7.40. The number of amides is 2. The minimum absolute atomic E-state index is 0.00144. The first-order valence-electron chi connectivity index (χ1n) is 4.02. The van der Waals surface area contributed by atoms with E-state index in [1.165, 1.54) is 4.90 Å². The minimum atomic E-state index is -1.08. The van der Waals surface area contributed by atoms with Gasteiger partial charge in [0.1, 0.15) is 6.04 Å². The molecule has 14 heavy (non-hydrogen) atoms. The smallest absolute Gasteiger partial charge is 0.322 e. The quantitative estimate of drug-likeness (QED) is 0.462. The molecule has 0 aliphatic carbocycles. The van der Waals surface area contributed by atoms with E-state index in [9.17, 15) is 14.4 Å². The highest BCUT2D eigenvalue weighted by atomic mass is 16.4. The van der Waals surface area contributed by atoms with Crippen molar-refractivity contribution < 1.29 is 19.5 Å². The molecule has 1 unspecified atom stereocenters. The molecule has 1 atom stereocenters. The zero-order chi connectivity index (χ0) is 10.7. The molecule has 2 amide bonds. The summed E-state index contributed by atoms with van der Waals surface area (Å²) >= 11 is 0. The largest absolute Gasteiger partial charge is 0.480 e. The van der Waals surface area contributed by atoms with Gasteiger partial charge in [-0.2, -0.15) is 0 Å². The fourth-order valence-electron chi connectivity index (χ4n) is 1.30. The fourth-order valence-corrected chi connectivity index (χ4v) is 1.30. The molecule has 1 heterocycles. The number of rotatable bonds is 3. The molecule has 0 aromatic carbocycles. The van der Waals surface area contributed by atoms with Gasteiger partial charge in [-0.3, -0.25) is 19.3 Å². The maximum absolute atomic E-state index is 10.9. The molecule has 0 aromatic rings. The summed E-state index contributed by atoms with van der Waals surface area (Å²) in [5.74, 6) is -2.03. The number of hydrogen-bond donors (Lipinski definition) is 3. The first kappa shape index (κ1) is 10.5. The molecule has 1 rings (SSSR count). The summed E-state index contributed by atoms with van der Waals surface area (Å²) in [6, 6.07) is -0.875. The number of nitrogens with zero attached hydrogens (tertiary/aromatic N) is 1. The summed E-state index contributed by atoms with van der Waals surface area (Å²) < 4.78 is 0. The van der Waals surface area contributed by atoms with Crippen LogP contribution in [0.2, 0.25) is 0 Å². The number of hydrogen-bond acceptors (Lipinski definition) is 4. The number of carboxylic acid groups (broad SMARTS) is 1. The third-order valence-electron chi connectivity index (χ3n) is 1.92. The van der Waals surface area contributed by atoms with Crippen molar-refractivity contribution in [3.8, 4) is 0 Å². The number of carboxylic acids is 1. The average Bonchev–Trinajstić information content (AvgIpc) is 2.01. The van der Waals surface area contributed by atoms with Crippen LogP contribution in [0.4, 0.5) is 0 Å². The van der Waals surface area contributed by atoms with Crippen molar-refractivity contribution in [1.82, 2.24) is 10.2 Å². The summed E-state index contributed by atoms with van der Waals surface area (Å²) in [7, 11) is 0. The summed E-state index contributed by atoms with van der Waals surface area (Å²) in [5, 5.41) is 11.2. The zero-order valence-corrected chi connectivity index (χ0v) is 7.40. The lowest BCUT2D eigenvalue weighted by Crippen LogP contribution is -2.59. The maximum atomic E-state index is 10.9. The first-order chi connectivity index (χ1) is 6.50. The molecule has 1 aliphatic heterocycles. The van der Waals surface area contributed by atoms with E-state index in [1.54, 1.807) is 0 Å². The van der Waals surface area contributed by atoms with Gasteiger partial charge in [0.05, 0.1) is 13.1 Å². The third-order valence-corrected chi connectivity index (χ3v) is 1.92. The summed E-state index contributed by atoms with van der Waals surface area (Å²) in [6.45, 7) is -0.328. The second-order valence-corrected chi connectivity index (χ2v) is 3.03. The van der Waals surface area contributed by atoms with Crippen molar-refractivity contribution in [2.24, 2.45) is 5.73 Å². The van der Waals surface area contributed by atoms with E-state index in [2.05, 4.69) is 5.32 Å². The Labute approximate surface area is 79.9 Å². The van der Waals surface area contributed by atoms with E-state index in [0.29, 0.717) is 0 Å². The molecule has 0 saturated carbocycles. The third kappa shape index (κ3) is 2.43. The highest BCUT2D eigenvalue weighted by Gasteiger charge is 2.32. The van der Waals surface area contributed by atoms with Gasteiger partial charge in [0.2, 0.25) is 11.8 Å². The van der Waals surface area contributed by atoms with Crippen molar-refractivity contribution in [2.75, 3.05) is 19.6 Å². The average molecular weight is 201 g/mol. The lowest BCUT2D eigenvalue weighted by atomic mass is 10.2. The van der Waals surface area contributed by atoms with Crippen LogP contribution in [-0.4, -0.2) is 53.5 Å². The van der Waals surface area contributed by atoms with Crippen LogP contribution in [0.15, 0.2) is 0 Å². The van der Waals surface area contributed by atoms with Crippen molar-refractivity contribution in [3.63, 3.8) is 0 Å². The van der Waals surface area contributed by atoms with E-state index < -0.39 is 17.9 Å². The topological polar surface area (TPSA) is 113 Å². The number of nitrogens with one attached hydrogen (secondary N) is 1. The maximum Gasteiger partial charge on any atom is 0.322 e. The van der Waals surface area contributed by atoms with Gasteiger partial charge in [0.25, 0.3) is 0 Å². The standard InChI is InChI=1S/C7H11N3O4/c8-5(11)2-10-3-6(12)9-1-4(10)7(13)14/h4H,1-3H2,(H2,8,11)(H,9,12)(H,13,14). The lowest BCUT2D eigenvalue weighted by molar-refractivity contribution is -0.146. The normalized spacial score (nSPS) is 22.9. The Bertz CT molecular complexity index is 276. The lowest BCUT2D eigenvalue weighted by Gasteiger charge is -2.31. The molecule has 1 aliphatic rings. The SMILES string of the molecule is NC(=O)CN1CC(=O)NCC1C(=O)O. The van der Waals surface area contributed by atoms with Crippen LogP contribution in [0.3, 0.4) is 0 Å². The Morgan fingerprint density at radius 3 is 2.79 bits per heavy atom. The molecule has 7 nitrogen and oxygen atoms in total. The van der Waals surface area contributed by atoms with E-state index in [-0.39, 0.29) is 25.5 Å². The highest BCUT2D eigenvalue weighted by molar-refractivity contribution is 5.85. The predicted molar refractivity (Wildman–Crippen MR) is 45.2 cm³/mol. The Kier molecular flexibility index (Phi) is 3.03. The molecule has 1 saturated heterocycles. The van der Waals surface area contributed by atoms with Gasteiger partial charge in [0, 0.05) is 6.54 Å². The Hall–Kier alpha value is -1.63. The summed E-state index contributed by atoms with van der Waals surface area (Å²) in [6.07, 6.45) is 0. The van der Waals surface area contributed by atoms with Gasteiger partial charge in [-0.1, -0.05) is 0 Å². The summed E-state index contributed by atoms with van der Waals surface area (Å²) in [4.78, 5) is 33.5. The van der Waals surface area contributed by atoms with Crippen LogP contribution < -0.4 is 11.1 Å². The molecular weight excluding hydrogens is 190 g/mol. The number of piperazine rings is 1. The van der Waals surface area contributed by atoms with Crippen molar-refractivity contribution in [2.45, 2.75) is 6.04 Å². The fraction of sp³-hybridized carbons (Fsp3) is 0.571. The highest BCUT2D eigenvalue weighted by Crippen LogP contribution is 2.03. The van der Waals surface area contributed by atoms with Gasteiger partial charge in [-0.05, 0) is 0 Å². The molecule has 78 valence electrons. The summed E-state index contributed by atoms with van der Waals surface area (Å²) in [5.41, 5.74) is 4.93. The second-order valence-electron chi connectivity index (χ2n) is 3.03. The van der Waals surface area contributed by atoms with Crippen molar-refractivity contribution >= 4 is 17.8 Å². The molecule has 0 aromatic heterocycles. The molecule has 0 radical (unpaired) electrons. The van der Waals surface area contributed by atoms with Gasteiger partial charge in [-0.15, -0.1) is 0 Å². The molecule has 4 N–H and O–H groups in total. The van der Waals surface area contributed by atoms with Crippen LogP contribution in [-0.2, 0) is 14.4 Å². The first-order valence-corrected chi connectivity index (χ1v) is 4.02. The number of nitrogens with two attached hydrogens (primary N) is 1. The number of primary amides is 1. The van der Waals surface area contributed by atoms with Crippen molar-refractivity contribution in [3.05, 3.63) is 0 Å². The van der Waals surface area contributed by atoms with Gasteiger partial charge < -0.3 is 16.2 Å². The van der Waals surface area contributed by atoms with Crippen LogP contribution in [0.5, 0.6) is 0 Å². The molecule has 0 bridgehead atoms. The Balaban J connectivity index is 2.68. The van der Waals surface area contributed by atoms with E-state index >= 15 is 0 Å². The van der Waals surface area contributed by atoms with Crippen LogP contribution in [0.25, 0.3) is 0 Å². The van der Waals surface area contributed by atoms with Crippen LogP contribution in [0, 0.1) is 0 Å². The molecule has 1 fully saturated rings. The van der Waals surface area contributed by atoms with Crippen molar-refractivity contribution in [1.29, 1.82) is 0 Å².